The summed E-state index contributed by atoms with van der Waals surface area (Å²) in [6.45, 7) is 2.17. The van der Waals surface area contributed by atoms with Crippen molar-refractivity contribution in [1.29, 1.82) is 0 Å². The number of benzene rings is 1. The molecule has 6 heteroatoms. The van der Waals surface area contributed by atoms with E-state index in [1.54, 1.807) is 39.5 Å². The van der Waals surface area contributed by atoms with E-state index in [0.717, 1.165) is 11.3 Å². The van der Waals surface area contributed by atoms with E-state index in [9.17, 15) is 4.79 Å². The Morgan fingerprint density at radius 1 is 1.05 bits per heavy atom. The molecular weight excluding hydrogens is 272 g/mol. The SMILES string of the molecule is COc1cc(Cn2nc(C)ccc2=O)cc(OC)c1OC. The largest absolute Gasteiger partial charge is 0.493 e. The summed E-state index contributed by atoms with van der Waals surface area (Å²) in [5, 5.41) is 4.21. The van der Waals surface area contributed by atoms with Gasteiger partial charge >= 0.3 is 0 Å². The molecule has 2 rings (SSSR count). The summed E-state index contributed by atoms with van der Waals surface area (Å²) in [7, 11) is 4.66. The molecule has 112 valence electrons. The van der Waals surface area contributed by atoms with Crippen LogP contribution in [0.15, 0.2) is 29.1 Å². The minimum Gasteiger partial charge on any atom is -0.493 e. The van der Waals surface area contributed by atoms with Crippen molar-refractivity contribution in [2.45, 2.75) is 13.5 Å². The van der Waals surface area contributed by atoms with Crippen LogP contribution in [0, 0.1) is 6.92 Å². The molecule has 2 aromatic rings. The molecular formula is C15H18N2O4. The fourth-order valence-electron chi connectivity index (χ4n) is 2.06. The number of hydrogen-bond acceptors (Lipinski definition) is 5. The van der Waals surface area contributed by atoms with Crippen molar-refractivity contribution < 1.29 is 14.2 Å². The highest BCUT2D eigenvalue weighted by Gasteiger charge is 2.13. The normalized spacial score (nSPS) is 10.3. The summed E-state index contributed by atoms with van der Waals surface area (Å²) in [5.41, 5.74) is 1.46. The van der Waals surface area contributed by atoms with Gasteiger partial charge in [-0.3, -0.25) is 4.79 Å². The molecule has 0 aliphatic carbocycles. The van der Waals surface area contributed by atoms with Crippen LogP contribution < -0.4 is 19.8 Å². The van der Waals surface area contributed by atoms with Crippen LogP contribution in [0.3, 0.4) is 0 Å². The third-order valence-electron chi connectivity index (χ3n) is 3.06. The first-order chi connectivity index (χ1) is 10.1. The Labute approximate surface area is 122 Å². The molecule has 0 spiro atoms. The van der Waals surface area contributed by atoms with Gasteiger partial charge in [-0.2, -0.15) is 5.10 Å². The Morgan fingerprint density at radius 3 is 2.19 bits per heavy atom. The molecule has 1 aromatic carbocycles. The Morgan fingerprint density at radius 2 is 1.67 bits per heavy atom. The summed E-state index contributed by atoms with van der Waals surface area (Å²) < 4.78 is 17.3. The zero-order valence-corrected chi connectivity index (χ0v) is 12.5. The van der Waals surface area contributed by atoms with Gasteiger partial charge in [0, 0.05) is 6.07 Å². The fraction of sp³-hybridized carbons (Fsp3) is 0.333. The van der Waals surface area contributed by atoms with Crippen molar-refractivity contribution in [2.24, 2.45) is 0 Å². The number of methoxy groups -OCH3 is 3. The van der Waals surface area contributed by atoms with Gasteiger partial charge in [0.15, 0.2) is 11.5 Å². The molecule has 0 atom stereocenters. The lowest BCUT2D eigenvalue weighted by atomic mass is 10.2. The number of aromatic nitrogens is 2. The molecule has 0 amide bonds. The number of rotatable bonds is 5. The highest BCUT2D eigenvalue weighted by atomic mass is 16.5. The van der Waals surface area contributed by atoms with Gasteiger partial charge in [-0.05, 0) is 30.7 Å². The van der Waals surface area contributed by atoms with Gasteiger partial charge in [-0.1, -0.05) is 0 Å². The lowest BCUT2D eigenvalue weighted by Gasteiger charge is -2.14. The first-order valence-corrected chi connectivity index (χ1v) is 6.42. The minimum absolute atomic E-state index is 0.158. The van der Waals surface area contributed by atoms with Gasteiger partial charge in [-0.15, -0.1) is 0 Å². The van der Waals surface area contributed by atoms with Crippen LogP contribution >= 0.6 is 0 Å². The molecule has 0 bridgehead atoms. The molecule has 1 aromatic heterocycles. The quantitative estimate of drug-likeness (QED) is 0.837. The molecule has 0 saturated heterocycles. The van der Waals surface area contributed by atoms with E-state index in [2.05, 4.69) is 5.10 Å². The maximum absolute atomic E-state index is 11.8. The van der Waals surface area contributed by atoms with Crippen LogP contribution in [-0.2, 0) is 6.54 Å². The third-order valence-corrected chi connectivity index (χ3v) is 3.06. The first-order valence-electron chi connectivity index (χ1n) is 6.42. The van der Waals surface area contributed by atoms with Gasteiger partial charge in [0.2, 0.25) is 5.75 Å². The predicted molar refractivity (Wildman–Crippen MR) is 78.4 cm³/mol. The van der Waals surface area contributed by atoms with Crippen LogP contribution in [0.1, 0.15) is 11.3 Å². The first kappa shape index (κ1) is 14.9. The molecule has 6 nitrogen and oxygen atoms in total. The predicted octanol–water partition coefficient (Wildman–Crippen LogP) is 1.63. The van der Waals surface area contributed by atoms with Crippen LogP contribution in [0.2, 0.25) is 0 Å². The van der Waals surface area contributed by atoms with E-state index in [-0.39, 0.29) is 5.56 Å². The van der Waals surface area contributed by atoms with E-state index < -0.39 is 0 Å². The zero-order valence-electron chi connectivity index (χ0n) is 12.5. The topological polar surface area (TPSA) is 62.6 Å². The lowest BCUT2D eigenvalue weighted by molar-refractivity contribution is 0.323. The van der Waals surface area contributed by atoms with E-state index in [1.165, 1.54) is 10.7 Å². The smallest absolute Gasteiger partial charge is 0.267 e. The van der Waals surface area contributed by atoms with Crippen molar-refractivity contribution in [3.8, 4) is 17.2 Å². The average Bonchev–Trinajstić information content (AvgIpc) is 2.49. The number of hydrogen-bond donors (Lipinski definition) is 0. The second kappa shape index (κ2) is 6.30. The summed E-state index contributed by atoms with van der Waals surface area (Å²) in [6.07, 6.45) is 0. The van der Waals surface area contributed by atoms with E-state index >= 15 is 0 Å². The molecule has 0 fully saturated rings. The Balaban J connectivity index is 2.45. The number of aryl methyl sites for hydroxylation is 1. The lowest BCUT2D eigenvalue weighted by Crippen LogP contribution is -2.23. The monoisotopic (exact) mass is 290 g/mol. The van der Waals surface area contributed by atoms with E-state index in [0.29, 0.717) is 23.8 Å². The summed E-state index contributed by atoms with van der Waals surface area (Å²) in [6, 6.07) is 6.80. The van der Waals surface area contributed by atoms with Gasteiger partial charge in [0.25, 0.3) is 5.56 Å². The van der Waals surface area contributed by atoms with Crippen molar-refractivity contribution in [2.75, 3.05) is 21.3 Å². The van der Waals surface area contributed by atoms with E-state index in [4.69, 9.17) is 14.2 Å². The van der Waals surface area contributed by atoms with Gasteiger partial charge in [0.1, 0.15) is 0 Å². The van der Waals surface area contributed by atoms with Crippen LogP contribution in [0.5, 0.6) is 17.2 Å². The molecule has 0 N–H and O–H groups in total. The molecule has 1 heterocycles. The van der Waals surface area contributed by atoms with Gasteiger partial charge in [-0.25, -0.2) is 4.68 Å². The Kier molecular flexibility index (Phi) is 4.47. The van der Waals surface area contributed by atoms with Gasteiger partial charge in [0.05, 0.1) is 33.6 Å². The summed E-state index contributed by atoms with van der Waals surface area (Å²) in [4.78, 5) is 11.8. The van der Waals surface area contributed by atoms with Crippen molar-refractivity contribution in [3.05, 3.63) is 45.9 Å². The maximum atomic E-state index is 11.8. The Hall–Kier alpha value is -2.50. The van der Waals surface area contributed by atoms with Crippen molar-refractivity contribution in [3.63, 3.8) is 0 Å². The molecule has 0 aliphatic heterocycles. The van der Waals surface area contributed by atoms with Crippen LogP contribution in [-0.4, -0.2) is 31.1 Å². The second-order valence-corrected chi connectivity index (χ2v) is 4.50. The Bertz CT molecular complexity index is 669. The maximum Gasteiger partial charge on any atom is 0.267 e. The molecule has 0 radical (unpaired) electrons. The molecule has 21 heavy (non-hydrogen) atoms. The van der Waals surface area contributed by atoms with Crippen molar-refractivity contribution in [1.82, 2.24) is 9.78 Å². The van der Waals surface area contributed by atoms with E-state index in [1.807, 2.05) is 6.92 Å². The fourth-order valence-corrected chi connectivity index (χ4v) is 2.06. The number of ether oxygens (including phenoxy) is 3. The van der Waals surface area contributed by atoms with Gasteiger partial charge < -0.3 is 14.2 Å². The molecule has 0 unspecified atom stereocenters. The average molecular weight is 290 g/mol. The molecule has 0 saturated carbocycles. The highest BCUT2D eigenvalue weighted by Crippen LogP contribution is 2.38. The second-order valence-electron chi connectivity index (χ2n) is 4.50. The minimum atomic E-state index is -0.158. The van der Waals surface area contributed by atoms with Crippen LogP contribution in [0.4, 0.5) is 0 Å². The summed E-state index contributed by atoms with van der Waals surface area (Å²) >= 11 is 0. The highest BCUT2D eigenvalue weighted by molar-refractivity contribution is 5.53. The zero-order chi connectivity index (χ0) is 15.4. The van der Waals surface area contributed by atoms with Crippen LogP contribution in [0.25, 0.3) is 0 Å². The van der Waals surface area contributed by atoms with Crippen molar-refractivity contribution >= 4 is 0 Å². The summed E-state index contributed by atoms with van der Waals surface area (Å²) in [5.74, 6) is 1.62. The molecule has 0 aliphatic rings. The number of nitrogens with zero attached hydrogens (tertiary/aromatic N) is 2. The third kappa shape index (κ3) is 3.16. The standard InChI is InChI=1S/C15H18N2O4/c1-10-5-6-14(18)17(16-10)9-11-7-12(19-2)15(21-4)13(8-11)20-3/h5-8H,9H2,1-4H3.